The lowest BCUT2D eigenvalue weighted by molar-refractivity contribution is 0.0288. The van der Waals surface area contributed by atoms with Crippen LogP contribution < -0.4 is 18.9 Å². The predicted molar refractivity (Wildman–Crippen MR) is 90.0 cm³/mol. The van der Waals surface area contributed by atoms with Crippen LogP contribution in [0.15, 0.2) is 36.4 Å². The van der Waals surface area contributed by atoms with Crippen LogP contribution in [0.3, 0.4) is 0 Å². The molecule has 1 unspecified atom stereocenters. The molecule has 1 fully saturated rings. The zero-order valence-electron chi connectivity index (χ0n) is 14.2. The van der Waals surface area contributed by atoms with Crippen molar-refractivity contribution >= 4 is 0 Å². The van der Waals surface area contributed by atoms with E-state index in [0.29, 0.717) is 11.8 Å². The minimum Gasteiger partial charge on any atom is -0.454 e. The molecule has 130 valence electrons. The SMILES string of the molecule is C[C@@H]1[C@@H](c2ccc3c(c2)OCO3)OC(c2ccc3c(c2)OCO3)[C@H]1C. The normalized spacial score (nSPS) is 29.2. The van der Waals surface area contributed by atoms with E-state index in [2.05, 4.69) is 26.0 Å². The van der Waals surface area contributed by atoms with E-state index >= 15 is 0 Å². The Labute approximate surface area is 146 Å². The molecule has 5 rings (SSSR count). The van der Waals surface area contributed by atoms with E-state index in [0.717, 1.165) is 34.1 Å². The lowest BCUT2D eigenvalue weighted by atomic mass is 9.85. The van der Waals surface area contributed by atoms with E-state index in [-0.39, 0.29) is 25.8 Å². The lowest BCUT2D eigenvalue weighted by Crippen LogP contribution is -2.09. The predicted octanol–water partition coefficient (Wildman–Crippen LogP) is 4.23. The molecule has 25 heavy (non-hydrogen) atoms. The lowest BCUT2D eigenvalue weighted by Gasteiger charge is -2.17. The standard InChI is InChI=1S/C20H20O5/c1-11-12(2)20(14-4-6-16-18(8-14)24-10-22-16)25-19(11)13-3-5-15-17(7-13)23-9-21-15/h3-8,11-12,19-20H,9-10H2,1-2H3/t11-,12-,19-,20?/m0/s1. The maximum absolute atomic E-state index is 6.48. The van der Waals surface area contributed by atoms with Crippen LogP contribution in [0.1, 0.15) is 37.2 Å². The summed E-state index contributed by atoms with van der Waals surface area (Å²) in [6.45, 7) is 5.06. The Morgan fingerprint density at radius 2 is 1.08 bits per heavy atom. The first kappa shape index (κ1) is 14.9. The summed E-state index contributed by atoms with van der Waals surface area (Å²) < 4.78 is 28.3. The highest BCUT2D eigenvalue weighted by Crippen LogP contribution is 2.51. The third-order valence-electron chi connectivity index (χ3n) is 5.53. The highest BCUT2D eigenvalue weighted by molar-refractivity contribution is 5.47. The molecular weight excluding hydrogens is 320 g/mol. The summed E-state index contributed by atoms with van der Waals surface area (Å²) in [5.74, 6) is 3.97. The molecule has 0 saturated carbocycles. The number of hydrogen-bond donors (Lipinski definition) is 0. The monoisotopic (exact) mass is 340 g/mol. The van der Waals surface area contributed by atoms with Crippen LogP contribution in [0.2, 0.25) is 0 Å². The first-order chi connectivity index (χ1) is 12.2. The van der Waals surface area contributed by atoms with Gasteiger partial charge in [-0.15, -0.1) is 0 Å². The number of fused-ring (bicyclic) bond motifs is 2. The Balaban J connectivity index is 1.44. The van der Waals surface area contributed by atoms with Crippen LogP contribution in [0.25, 0.3) is 0 Å². The Kier molecular flexibility index (Phi) is 3.31. The van der Waals surface area contributed by atoms with Gasteiger partial charge in [0.15, 0.2) is 23.0 Å². The molecule has 3 heterocycles. The fraction of sp³-hybridized carbons (Fsp3) is 0.400. The van der Waals surface area contributed by atoms with Crippen molar-refractivity contribution in [2.45, 2.75) is 26.1 Å². The fourth-order valence-corrected chi connectivity index (χ4v) is 3.90. The molecule has 0 aromatic heterocycles. The summed E-state index contributed by atoms with van der Waals surface area (Å²) >= 11 is 0. The van der Waals surface area contributed by atoms with Crippen molar-refractivity contribution in [2.24, 2.45) is 11.8 Å². The average molecular weight is 340 g/mol. The van der Waals surface area contributed by atoms with Gasteiger partial charge in [-0.05, 0) is 47.2 Å². The van der Waals surface area contributed by atoms with Crippen molar-refractivity contribution in [1.82, 2.24) is 0 Å². The molecule has 0 N–H and O–H groups in total. The van der Waals surface area contributed by atoms with E-state index in [1.807, 2.05) is 24.3 Å². The third-order valence-corrected chi connectivity index (χ3v) is 5.53. The Morgan fingerprint density at radius 3 is 1.56 bits per heavy atom. The van der Waals surface area contributed by atoms with Crippen LogP contribution in [-0.4, -0.2) is 13.6 Å². The van der Waals surface area contributed by atoms with E-state index < -0.39 is 0 Å². The largest absolute Gasteiger partial charge is 0.454 e. The van der Waals surface area contributed by atoms with E-state index in [4.69, 9.17) is 23.7 Å². The molecule has 0 aliphatic carbocycles. The van der Waals surface area contributed by atoms with E-state index in [1.54, 1.807) is 0 Å². The Morgan fingerprint density at radius 1 is 0.640 bits per heavy atom. The van der Waals surface area contributed by atoms with Gasteiger partial charge in [0.2, 0.25) is 13.6 Å². The molecule has 3 aliphatic rings. The van der Waals surface area contributed by atoms with E-state index in [1.165, 1.54) is 0 Å². The summed E-state index contributed by atoms with van der Waals surface area (Å²) in [5, 5.41) is 0. The van der Waals surface area contributed by atoms with Crippen molar-refractivity contribution in [3.63, 3.8) is 0 Å². The van der Waals surface area contributed by atoms with Crippen molar-refractivity contribution in [3.8, 4) is 23.0 Å². The van der Waals surface area contributed by atoms with Crippen molar-refractivity contribution in [3.05, 3.63) is 47.5 Å². The van der Waals surface area contributed by atoms with Gasteiger partial charge in [0.05, 0.1) is 12.2 Å². The molecule has 5 heteroatoms. The van der Waals surface area contributed by atoms with E-state index in [9.17, 15) is 0 Å². The molecule has 0 amide bonds. The van der Waals surface area contributed by atoms with Crippen LogP contribution >= 0.6 is 0 Å². The highest BCUT2D eigenvalue weighted by atomic mass is 16.7. The maximum atomic E-state index is 6.48. The fourth-order valence-electron chi connectivity index (χ4n) is 3.90. The van der Waals surface area contributed by atoms with Gasteiger partial charge in [-0.25, -0.2) is 0 Å². The molecule has 0 radical (unpaired) electrons. The van der Waals surface area contributed by atoms with Crippen LogP contribution in [0.4, 0.5) is 0 Å². The summed E-state index contributed by atoms with van der Waals surface area (Å²) in [6.07, 6.45) is 0.0554. The van der Waals surface area contributed by atoms with Gasteiger partial charge < -0.3 is 23.7 Å². The van der Waals surface area contributed by atoms with Gasteiger partial charge in [-0.2, -0.15) is 0 Å². The van der Waals surface area contributed by atoms with Crippen molar-refractivity contribution in [2.75, 3.05) is 13.6 Å². The summed E-state index contributed by atoms with van der Waals surface area (Å²) in [4.78, 5) is 0. The van der Waals surface area contributed by atoms with Gasteiger partial charge in [0.25, 0.3) is 0 Å². The molecule has 5 nitrogen and oxygen atoms in total. The van der Waals surface area contributed by atoms with Gasteiger partial charge in [-0.3, -0.25) is 0 Å². The molecule has 2 aromatic rings. The van der Waals surface area contributed by atoms with Crippen molar-refractivity contribution in [1.29, 1.82) is 0 Å². The third kappa shape index (κ3) is 2.34. The van der Waals surface area contributed by atoms with Gasteiger partial charge in [-0.1, -0.05) is 26.0 Å². The first-order valence-corrected chi connectivity index (χ1v) is 8.65. The number of hydrogen-bond acceptors (Lipinski definition) is 5. The smallest absolute Gasteiger partial charge is 0.231 e. The Hall–Kier alpha value is -2.40. The molecule has 0 bridgehead atoms. The molecule has 3 aliphatic heterocycles. The van der Waals surface area contributed by atoms with Crippen molar-refractivity contribution < 1.29 is 23.7 Å². The number of benzene rings is 2. The zero-order chi connectivity index (χ0) is 17.0. The molecule has 1 saturated heterocycles. The van der Waals surface area contributed by atoms with Crippen LogP contribution in [0, 0.1) is 11.8 Å². The number of ether oxygens (including phenoxy) is 5. The van der Waals surface area contributed by atoms with Gasteiger partial charge >= 0.3 is 0 Å². The van der Waals surface area contributed by atoms with Crippen LogP contribution in [-0.2, 0) is 4.74 Å². The minimum atomic E-state index is 0.0277. The molecule has 0 spiro atoms. The highest BCUT2D eigenvalue weighted by Gasteiger charge is 2.41. The second-order valence-corrected chi connectivity index (χ2v) is 6.92. The second kappa shape index (κ2) is 5.56. The number of rotatable bonds is 2. The maximum Gasteiger partial charge on any atom is 0.231 e. The average Bonchev–Trinajstić information content (AvgIpc) is 3.34. The van der Waals surface area contributed by atoms with Gasteiger partial charge in [0, 0.05) is 0 Å². The summed E-state index contributed by atoms with van der Waals surface area (Å²) in [7, 11) is 0. The molecule has 4 atom stereocenters. The minimum absolute atomic E-state index is 0.0277. The summed E-state index contributed by atoms with van der Waals surface area (Å²) in [5.41, 5.74) is 2.26. The Bertz CT molecular complexity index is 750. The second-order valence-electron chi connectivity index (χ2n) is 6.92. The topological polar surface area (TPSA) is 46.2 Å². The first-order valence-electron chi connectivity index (χ1n) is 8.65. The molecular formula is C20H20O5. The summed E-state index contributed by atoms with van der Waals surface area (Å²) in [6, 6.07) is 12.2. The van der Waals surface area contributed by atoms with Crippen LogP contribution in [0.5, 0.6) is 23.0 Å². The zero-order valence-corrected chi connectivity index (χ0v) is 14.2. The van der Waals surface area contributed by atoms with Gasteiger partial charge in [0.1, 0.15) is 0 Å². The molecule has 2 aromatic carbocycles. The quantitative estimate of drug-likeness (QED) is 0.819.